The molecule has 1 heteroatoms. The van der Waals surface area contributed by atoms with E-state index in [1.165, 1.54) is 50.7 Å². The van der Waals surface area contributed by atoms with E-state index in [1.807, 2.05) is 0 Å². The van der Waals surface area contributed by atoms with Gasteiger partial charge in [-0.15, -0.1) is 0 Å². The summed E-state index contributed by atoms with van der Waals surface area (Å²) in [5.74, 6) is 0. The molecule has 0 spiro atoms. The van der Waals surface area contributed by atoms with Crippen LogP contribution >= 0.6 is 15.9 Å². The lowest BCUT2D eigenvalue weighted by Gasteiger charge is -2.17. The topological polar surface area (TPSA) is 0 Å². The first-order valence-electron chi connectivity index (χ1n) is 7.79. The molecule has 21 heavy (non-hydrogen) atoms. The van der Waals surface area contributed by atoms with Crippen LogP contribution in [0, 0.1) is 6.92 Å². The Labute approximate surface area is 136 Å². The number of aryl methyl sites for hydroxylation is 2. The van der Waals surface area contributed by atoms with Gasteiger partial charge in [-0.1, -0.05) is 65.7 Å². The van der Waals surface area contributed by atoms with E-state index in [0.717, 1.165) is 12.8 Å². The van der Waals surface area contributed by atoms with Crippen LogP contribution in [0.15, 0.2) is 40.9 Å². The Morgan fingerprint density at radius 2 is 2.00 bits per heavy atom. The molecule has 3 rings (SSSR count). The maximum absolute atomic E-state index is 3.81. The average molecular weight is 341 g/mol. The van der Waals surface area contributed by atoms with Crippen LogP contribution in [-0.4, -0.2) is 0 Å². The molecule has 0 heterocycles. The summed E-state index contributed by atoms with van der Waals surface area (Å²) in [6.45, 7) is 4.46. The minimum absolute atomic E-state index is 1.05. The molecule has 0 saturated heterocycles. The minimum atomic E-state index is 1.05. The number of unbranched alkanes of at least 4 members (excludes halogenated alkanes) is 1. The lowest BCUT2D eigenvalue weighted by Crippen LogP contribution is -1.97. The second-order valence-corrected chi connectivity index (χ2v) is 6.66. The summed E-state index contributed by atoms with van der Waals surface area (Å²) in [5, 5.41) is 0. The highest BCUT2D eigenvalue weighted by Gasteiger charge is 2.19. The molecule has 0 atom stereocenters. The molecule has 0 fully saturated rings. The van der Waals surface area contributed by atoms with E-state index in [2.05, 4.69) is 72.3 Å². The fourth-order valence-electron chi connectivity index (χ4n) is 3.24. The molecule has 0 radical (unpaired) electrons. The van der Waals surface area contributed by atoms with E-state index in [4.69, 9.17) is 0 Å². The first-order valence-corrected chi connectivity index (χ1v) is 8.58. The van der Waals surface area contributed by atoms with Gasteiger partial charge in [0.15, 0.2) is 0 Å². The van der Waals surface area contributed by atoms with Gasteiger partial charge in [-0.2, -0.15) is 0 Å². The van der Waals surface area contributed by atoms with Crippen molar-refractivity contribution in [1.29, 1.82) is 0 Å². The van der Waals surface area contributed by atoms with Crippen molar-refractivity contribution < 1.29 is 0 Å². The Bertz CT molecular complexity index is 695. The molecule has 2 aromatic carbocycles. The highest BCUT2D eigenvalue weighted by Crippen LogP contribution is 2.40. The molecule has 2 aromatic rings. The maximum Gasteiger partial charge on any atom is 0.0259 e. The average Bonchev–Trinajstić information content (AvgIpc) is 2.96. The summed E-state index contributed by atoms with van der Waals surface area (Å²) < 4.78 is 1.23. The number of hydrogen-bond acceptors (Lipinski definition) is 0. The zero-order valence-electron chi connectivity index (χ0n) is 12.7. The Morgan fingerprint density at radius 1 is 1.19 bits per heavy atom. The molecule has 0 N–H and O–H groups in total. The van der Waals surface area contributed by atoms with E-state index < -0.39 is 0 Å². The summed E-state index contributed by atoms with van der Waals surface area (Å²) in [6, 6.07) is 11.1. The largest absolute Gasteiger partial charge is 0.0795 e. The smallest absolute Gasteiger partial charge is 0.0259 e. The third-order valence-corrected chi connectivity index (χ3v) is 4.95. The van der Waals surface area contributed by atoms with E-state index in [-0.39, 0.29) is 0 Å². The third-order valence-electron chi connectivity index (χ3n) is 4.33. The predicted octanol–water partition coefficient (Wildman–Crippen LogP) is 6.34. The molecular weight excluding hydrogens is 320 g/mol. The SMILES string of the molecule is CCCCc1ccccc1-c1c(Br)cc(C)c2c1CC=C2. The number of allylic oxidation sites excluding steroid dienone is 1. The zero-order chi connectivity index (χ0) is 14.8. The van der Waals surface area contributed by atoms with Crippen molar-refractivity contribution in [3.8, 4) is 11.1 Å². The highest BCUT2D eigenvalue weighted by molar-refractivity contribution is 9.10. The van der Waals surface area contributed by atoms with Crippen LogP contribution in [0.2, 0.25) is 0 Å². The number of fused-ring (bicyclic) bond motifs is 1. The van der Waals surface area contributed by atoms with Crippen molar-refractivity contribution in [2.45, 2.75) is 39.5 Å². The second-order valence-electron chi connectivity index (χ2n) is 5.81. The highest BCUT2D eigenvalue weighted by atomic mass is 79.9. The lowest BCUT2D eigenvalue weighted by molar-refractivity contribution is 0.796. The van der Waals surface area contributed by atoms with Crippen molar-refractivity contribution in [1.82, 2.24) is 0 Å². The van der Waals surface area contributed by atoms with Gasteiger partial charge in [-0.3, -0.25) is 0 Å². The van der Waals surface area contributed by atoms with Crippen molar-refractivity contribution in [3.63, 3.8) is 0 Å². The number of rotatable bonds is 4. The summed E-state index contributed by atoms with van der Waals surface area (Å²) in [6.07, 6.45) is 9.25. The normalized spacial score (nSPS) is 12.7. The van der Waals surface area contributed by atoms with Crippen LogP contribution in [0.4, 0.5) is 0 Å². The van der Waals surface area contributed by atoms with Gasteiger partial charge >= 0.3 is 0 Å². The molecule has 1 aliphatic carbocycles. The molecule has 0 aromatic heterocycles. The summed E-state index contributed by atoms with van der Waals surface area (Å²) >= 11 is 3.81. The summed E-state index contributed by atoms with van der Waals surface area (Å²) in [5.41, 5.74) is 8.52. The second kappa shape index (κ2) is 6.19. The van der Waals surface area contributed by atoms with Crippen molar-refractivity contribution in [2.24, 2.45) is 0 Å². The molecule has 108 valence electrons. The molecule has 0 aliphatic heterocycles. The molecule has 0 saturated carbocycles. The van der Waals surface area contributed by atoms with Gasteiger partial charge in [-0.25, -0.2) is 0 Å². The summed E-state index contributed by atoms with van der Waals surface area (Å²) in [4.78, 5) is 0. The summed E-state index contributed by atoms with van der Waals surface area (Å²) in [7, 11) is 0. The molecule has 0 unspecified atom stereocenters. The molecule has 0 amide bonds. The monoisotopic (exact) mass is 340 g/mol. The van der Waals surface area contributed by atoms with Gasteiger partial charge < -0.3 is 0 Å². The van der Waals surface area contributed by atoms with Gasteiger partial charge in [0.1, 0.15) is 0 Å². The maximum atomic E-state index is 3.81. The fourth-order valence-corrected chi connectivity index (χ4v) is 4.03. The predicted molar refractivity (Wildman–Crippen MR) is 95.7 cm³/mol. The van der Waals surface area contributed by atoms with Crippen LogP contribution < -0.4 is 0 Å². The fraction of sp³-hybridized carbons (Fsp3) is 0.300. The molecular formula is C20H21Br. The van der Waals surface area contributed by atoms with Crippen LogP contribution in [0.3, 0.4) is 0 Å². The molecule has 1 aliphatic rings. The van der Waals surface area contributed by atoms with E-state index in [0.29, 0.717) is 0 Å². The molecule has 0 bridgehead atoms. The van der Waals surface area contributed by atoms with Crippen LogP contribution in [0.25, 0.3) is 17.2 Å². The zero-order valence-corrected chi connectivity index (χ0v) is 14.3. The number of benzene rings is 2. The Balaban J connectivity index is 2.16. The Hall–Kier alpha value is -1.34. The number of hydrogen-bond donors (Lipinski definition) is 0. The van der Waals surface area contributed by atoms with E-state index >= 15 is 0 Å². The van der Waals surface area contributed by atoms with Crippen molar-refractivity contribution in [3.05, 3.63) is 63.1 Å². The van der Waals surface area contributed by atoms with E-state index in [1.54, 1.807) is 0 Å². The first-order chi connectivity index (χ1) is 10.2. The van der Waals surface area contributed by atoms with Crippen LogP contribution in [0.5, 0.6) is 0 Å². The van der Waals surface area contributed by atoms with Crippen molar-refractivity contribution >= 4 is 22.0 Å². The van der Waals surface area contributed by atoms with Crippen molar-refractivity contribution in [2.75, 3.05) is 0 Å². The van der Waals surface area contributed by atoms with E-state index in [9.17, 15) is 0 Å². The minimum Gasteiger partial charge on any atom is -0.0795 e. The Morgan fingerprint density at radius 3 is 2.81 bits per heavy atom. The standard InChI is InChI=1S/C20H21Br/c1-3-4-8-15-9-5-6-10-17(15)20-18-12-7-11-16(18)14(2)13-19(20)21/h5-7,9-11,13H,3-4,8,12H2,1-2H3. The van der Waals surface area contributed by atoms with Crippen LogP contribution in [-0.2, 0) is 12.8 Å². The van der Waals surface area contributed by atoms with Gasteiger partial charge in [0.2, 0.25) is 0 Å². The quantitative estimate of drug-likeness (QED) is 0.609. The van der Waals surface area contributed by atoms with Gasteiger partial charge in [0.05, 0.1) is 0 Å². The first kappa shape index (κ1) is 14.6. The lowest BCUT2D eigenvalue weighted by atomic mass is 9.90. The number of halogens is 1. The molecule has 0 nitrogen and oxygen atoms in total. The van der Waals surface area contributed by atoms with Gasteiger partial charge in [-0.05, 0) is 60.1 Å². The Kier molecular flexibility index (Phi) is 4.30. The third kappa shape index (κ3) is 2.72. The van der Waals surface area contributed by atoms with Crippen LogP contribution in [0.1, 0.15) is 42.0 Å². The van der Waals surface area contributed by atoms with Gasteiger partial charge in [0.25, 0.3) is 0 Å². The van der Waals surface area contributed by atoms with Gasteiger partial charge in [0, 0.05) is 10.0 Å².